The van der Waals surface area contributed by atoms with Crippen LogP contribution in [0.1, 0.15) is 55.0 Å². The standard InChI is InChI=1S/C21H24N4O/c1-14(2)15-8-10-16(11-9-15)18-12-19(25-21(24-18)22-13-23-25)17-6-4-5-7-20(17)26-3/h4-11,13-14,18-19H,12H2,1-3H3,(H,22,23,24)/t18-,19-/m1/s1. The molecule has 1 aromatic heterocycles. The summed E-state index contributed by atoms with van der Waals surface area (Å²) in [4.78, 5) is 4.41. The average Bonchev–Trinajstić information content (AvgIpc) is 3.16. The van der Waals surface area contributed by atoms with E-state index in [0.717, 1.165) is 23.7 Å². The van der Waals surface area contributed by atoms with E-state index in [4.69, 9.17) is 4.74 Å². The van der Waals surface area contributed by atoms with E-state index in [-0.39, 0.29) is 12.1 Å². The van der Waals surface area contributed by atoms with Gasteiger partial charge in [-0.1, -0.05) is 56.3 Å². The third kappa shape index (κ3) is 2.94. The van der Waals surface area contributed by atoms with Gasteiger partial charge in [-0.2, -0.15) is 10.1 Å². The third-order valence-electron chi connectivity index (χ3n) is 5.13. The normalized spacial score (nSPS) is 19.1. The molecule has 4 rings (SSSR count). The number of hydrogen-bond donors (Lipinski definition) is 1. The number of nitrogens with zero attached hydrogens (tertiary/aromatic N) is 3. The second-order valence-electron chi connectivity index (χ2n) is 7.04. The smallest absolute Gasteiger partial charge is 0.222 e. The first kappa shape index (κ1) is 16.6. The van der Waals surface area contributed by atoms with Gasteiger partial charge in [0.15, 0.2) is 0 Å². The fraction of sp³-hybridized carbons (Fsp3) is 0.333. The Morgan fingerprint density at radius 2 is 1.88 bits per heavy atom. The molecule has 0 fully saturated rings. The molecule has 0 amide bonds. The van der Waals surface area contributed by atoms with E-state index in [9.17, 15) is 0 Å². The van der Waals surface area contributed by atoms with Crippen LogP contribution in [-0.2, 0) is 0 Å². The van der Waals surface area contributed by atoms with Crippen molar-refractivity contribution in [2.45, 2.75) is 38.3 Å². The summed E-state index contributed by atoms with van der Waals surface area (Å²) in [5.41, 5.74) is 3.75. The number of rotatable bonds is 4. The second kappa shape index (κ2) is 6.83. The zero-order valence-electron chi connectivity index (χ0n) is 15.4. The van der Waals surface area contributed by atoms with Gasteiger partial charge in [0.2, 0.25) is 5.95 Å². The van der Waals surface area contributed by atoms with E-state index in [1.54, 1.807) is 13.4 Å². The molecule has 5 heteroatoms. The molecule has 1 N–H and O–H groups in total. The van der Waals surface area contributed by atoms with Crippen LogP contribution in [0.3, 0.4) is 0 Å². The van der Waals surface area contributed by atoms with Gasteiger partial charge < -0.3 is 10.1 Å². The number of nitrogens with one attached hydrogen (secondary N) is 1. The van der Waals surface area contributed by atoms with Crippen LogP contribution in [0.5, 0.6) is 5.75 Å². The number of aromatic nitrogens is 3. The average molecular weight is 348 g/mol. The van der Waals surface area contributed by atoms with Crippen LogP contribution in [0.4, 0.5) is 5.95 Å². The van der Waals surface area contributed by atoms with Crippen molar-refractivity contribution in [3.8, 4) is 5.75 Å². The van der Waals surface area contributed by atoms with Gasteiger partial charge in [-0.25, -0.2) is 4.68 Å². The molecule has 26 heavy (non-hydrogen) atoms. The first-order chi connectivity index (χ1) is 12.7. The Morgan fingerprint density at radius 1 is 1.12 bits per heavy atom. The minimum absolute atomic E-state index is 0.0830. The quantitative estimate of drug-likeness (QED) is 0.751. The topological polar surface area (TPSA) is 52.0 Å². The molecule has 1 aliphatic rings. The van der Waals surface area contributed by atoms with Crippen LogP contribution in [0.25, 0.3) is 0 Å². The summed E-state index contributed by atoms with van der Waals surface area (Å²) in [7, 11) is 1.71. The van der Waals surface area contributed by atoms with Crippen LogP contribution in [0.15, 0.2) is 54.9 Å². The molecule has 0 radical (unpaired) electrons. The Morgan fingerprint density at radius 3 is 2.62 bits per heavy atom. The number of benzene rings is 2. The molecule has 134 valence electrons. The summed E-state index contributed by atoms with van der Waals surface area (Å²) in [6.45, 7) is 4.43. The molecule has 5 nitrogen and oxygen atoms in total. The molecule has 0 unspecified atom stereocenters. The maximum absolute atomic E-state index is 5.59. The number of hydrogen-bond acceptors (Lipinski definition) is 4. The third-order valence-corrected chi connectivity index (χ3v) is 5.13. The van der Waals surface area contributed by atoms with Gasteiger partial charge in [-0.15, -0.1) is 0 Å². The van der Waals surface area contributed by atoms with Crippen LogP contribution in [0, 0.1) is 0 Å². The molecule has 3 aromatic rings. The molecule has 2 aromatic carbocycles. The lowest BCUT2D eigenvalue weighted by molar-refractivity contribution is 0.380. The van der Waals surface area contributed by atoms with E-state index < -0.39 is 0 Å². The van der Waals surface area contributed by atoms with Crippen molar-refractivity contribution in [2.75, 3.05) is 12.4 Å². The van der Waals surface area contributed by atoms with E-state index in [1.165, 1.54) is 11.1 Å². The zero-order valence-corrected chi connectivity index (χ0v) is 15.4. The Labute approximate surface area is 154 Å². The molecule has 0 spiro atoms. The molecule has 2 heterocycles. The van der Waals surface area contributed by atoms with Crippen molar-refractivity contribution in [1.82, 2.24) is 14.8 Å². The summed E-state index contributed by atoms with van der Waals surface area (Å²) in [5.74, 6) is 2.22. The molecule has 1 aliphatic heterocycles. The molecule has 0 aliphatic carbocycles. The van der Waals surface area contributed by atoms with Crippen molar-refractivity contribution in [1.29, 1.82) is 0 Å². The molecule has 0 bridgehead atoms. The summed E-state index contributed by atoms with van der Waals surface area (Å²) in [6.07, 6.45) is 2.49. The fourth-order valence-electron chi connectivity index (χ4n) is 3.65. The summed E-state index contributed by atoms with van der Waals surface area (Å²) >= 11 is 0. The summed E-state index contributed by atoms with van der Waals surface area (Å²) in [5, 5.41) is 7.97. The Bertz CT molecular complexity index is 885. The second-order valence-corrected chi connectivity index (χ2v) is 7.04. The molecule has 2 atom stereocenters. The highest BCUT2D eigenvalue weighted by atomic mass is 16.5. The highest BCUT2D eigenvalue weighted by Gasteiger charge is 2.31. The first-order valence-corrected chi connectivity index (χ1v) is 9.06. The van der Waals surface area contributed by atoms with Crippen LogP contribution in [0.2, 0.25) is 0 Å². The lowest BCUT2D eigenvalue weighted by Gasteiger charge is -2.32. The van der Waals surface area contributed by atoms with E-state index in [2.05, 4.69) is 59.6 Å². The lowest BCUT2D eigenvalue weighted by Crippen LogP contribution is -2.28. The van der Waals surface area contributed by atoms with Crippen molar-refractivity contribution in [3.05, 3.63) is 71.5 Å². The summed E-state index contributed by atoms with van der Waals surface area (Å²) < 4.78 is 7.55. The van der Waals surface area contributed by atoms with Gasteiger partial charge in [-0.05, 0) is 29.5 Å². The van der Waals surface area contributed by atoms with Gasteiger partial charge in [0.25, 0.3) is 0 Å². The van der Waals surface area contributed by atoms with Gasteiger partial charge in [0.1, 0.15) is 12.1 Å². The van der Waals surface area contributed by atoms with Gasteiger partial charge in [-0.3, -0.25) is 0 Å². The number of ether oxygens (including phenoxy) is 1. The minimum Gasteiger partial charge on any atom is -0.496 e. The molecular formula is C21H24N4O. The Balaban J connectivity index is 1.70. The predicted octanol–water partition coefficient (Wildman–Crippen LogP) is 4.56. The van der Waals surface area contributed by atoms with Crippen LogP contribution >= 0.6 is 0 Å². The molecule has 0 saturated heterocycles. The maximum atomic E-state index is 5.59. The first-order valence-electron chi connectivity index (χ1n) is 9.06. The van der Waals surface area contributed by atoms with E-state index >= 15 is 0 Å². The summed E-state index contributed by atoms with van der Waals surface area (Å²) in [6, 6.07) is 17.3. The van der Waals surface area contributed by atoms with Crippen LogP contribution in [-0.4, -0.2) is 21.9 Å². The molecular weight excluding hydrogens is 324 g/mol. The highest BCUT2D eigenvalue weighted by molar-refractivity contribution is 5.43. The van der Waals surface area contributed by atoms with Crippen molar-refractivity contribution < 1.29 is 4.74 Å². The van der Waals surface area contributed by atoms with Gasteiger partial charge in [0.05, 0.1) is 19.2 Å². The minimum atomic E-state index is 0.0830. The number of methoxy groups -OCH3 is 1. The number of anilines is 1. The lowest BCUT2D eigenvalue weighted by atomic mass is 9.91. The Kier molecular flexibility index (Phi) is 4.37. The van der Waals surface area contributed by atoms with Gasteiger partial charge >= 0.3 is 0 Å². The van der Waals surface area contributed by atoms with Gasteiger partial charge in [0, 0.05) is 5.56 Å². The predicted molar refractivity (Wildman–Crippen MR) is 103 cm³/mol. The fourth-order valence-corrected chi connectivity index (χ4v) is 3.65. The van der Waals surface area contributed by atoms with Crippen molar-refractivity contribution in [2.24, 2.45) is 0 Å². The van der Waals surface area contributed by atoms with E-state index in [1.807, 2.05) is 22.9 Å². The maximum Gasteiger partial charge on any atom is 0.222 e. The Hall–Kier alpha value is -2.82. The zero-order chi connectivity index (χ0) is 18.1. The van der Waals surface area contributed by atoms with Crippen molar-refractivity contribution >= 4 is 5.95 Å². The number of fused-ring (bicyclic) bond motifs is 1. The van der Waals surface area contributed by atoms with Crippen LogP contribution < -0.4 is 10.1 Å². The monoisotopic (exact) mass is 348 g/mol. The largest absolute Gasteiger partial charge is 0.496 e. The van der Waals surface area contributed by atoms with Crippen molar-refractivity contribution in [3.63, 3.8) is 0 Å². The molecule has 0 saturated carbocycles. The highest BCUT2D eigenvalue weighted by Crippen LogP contribution is 2.40. The van der Waals surface area contributed by atoms with E-state index in [0.29, 0.717) is 5.92 Å². The SMILES string of the molecule is COc1ccccc1[C@H]1C[C@H](c2ccc(C(C)C)cc2)Nc2ncnn21. The number of para-hydroxylation sites is 1.